The number of nitrogens with one attached hydrogen (secondary N) is 1. The molecule has 1 saturated heterocycles. The van der Waals surface area contributed by atoms with Crippen molar-refractivity contribution in [2.75, 3.05) is 25.4 Å². The Labute approximate surface area is 89.3 Å². The second-order valence-electron chi connectivity index (χ2n) is 4.39. The molecule has 3 nitrogen and oxygen atoms in total. The van der Waals surface area contributed by atoms with Crippen molar-refractivity contribution < 1.29 is 0 Å². The summed E-state index contributed by atoms with van der Waals surface area (Å²) in [4.78, 5) is 7.07. The SMILES string of the molecule is C1CSC(NC2CCN(C3CC3)C2)=N1. The van der Waals surface area contributed by atoms with Crippen LogP contribution in [0.3, 0.4) is 0 Å². The van der Waals surface area contributed by atoms with Crippen molar-refractivity contribution in [1.29, 1.82) is 0 Å². The smallest absolute Gasteiger partial charge is 0.156 e. The Hall–Kier alpha value is -0.220. The highest BCUT2D eigenvalue weighted by Gasteiger charge is 2.34. The highest BCUT2D eigenvalue weighted by molar-refractivity contribution is 8.14. The molecule has 2 fully saturated rings. The number of nitrogens with zero attached hydrogens (tertiary/aromatic N) is 2. The van der Waals surface area contributed by atoms with Crippen LogP contribution >= 0.6 is 11.8 Å². The van der Waals surface area contributed by atoms with E-state index in [-0.39, 0.29) is 0 Å². The van der Waals surface area contributed by atoms with Crippen LogP contribution in [0.5, 0.6) is 0 Å². The molecule has 1 N–H and O–H groups in total. The summed E-state index contributed by atoms with van der Waals surface area (Å²) < 4.78 is 0. The first-order valence-electron chi connectivity index (χ1n) is 5.59. The molecule has 0 aromatic heterocycles. The minimum Gasteiger partial charge on any atom is -0.361 e. The zero-order chi connectivity index (χ0) is 9.38. The molecule has 78 valence electrons. The summed E-state index contributed by atoms with van der Waals surface area (Å²) in [6.07, 6.45) is 4.17. The van der Waals surface area contributed by atoms with E-state index in [1.807, 2.05) is 11.8 Å². The lowest BCUT2D eigenvalue weighted by Crippen LogP contribution is -2.35. The van der Waals surface area contributed by atoms with E-state index in [9.17, 15) is 0 Å². The van der Waals surface area contributed by atoms with Crippen molar-refractivity contribution in [3.8, 4) is 0 Å². The lowest BCUT2D eigenvalue weighted by Gasteiger charge is -2.15. The Balaban J connectivity index is 1.49. The van der Waals surface area contributed by atoms with Gasteiger partial charge in [0.25, 0.3) is 0 Å². The largest absolute Gasteiger partial charge is 0.361 e. The van der Waals surface area contributed by atoms with Gasteiger partial charge in [0.05, 0.1) is 6.54 Å². The fraction of sp³-hybridized carbons (Fsp3) is 0.900. The lowest BCUT2D eigenvalue weighted by molar-refractivity contribution is 0.322. The van der Waals surface area contributed by atoms with Crippen LogP contribution in [0.1, 0.15) is 19.3 Å². The zero-order valence-electron chi connectivity index (χ0n) is 8.41. The summed E-state index contributed by atoms with van der Waals surface area (Å²) in [6, 6.07) is 1.60. The van der Waals surface area contributed by atoms with Gasteiger partial charge in [-0.05, 0) is 19.3 Å². The van der Waals surface area contributed by atoms with Crippen molar-refractivity contribution >= 4 is 16.9 Å². The molecule has 0 aromatic carbocycles. The predicted molar refractivity (Wildman–Crippen MR) is 60.9 cm³/mol. The first-order chi connectivity index (χ1) is 6.92. The zero-order valence-corrected chi connectivity index (χ0v) is 9.22. The number of thioether (sulfide) groups is 1. The van der Waals surface area contributed by atoms with Crippen molar-refractivity contribution in [2.45, 2.75) is 31.3 Å². The lowest BCUT2D eigenvalue weighted by atomic mass is 10.3. The van der Waals surface area contributed by atoms with Crippen LogP contribution < -0.4 is 5.32 Å². The van der Waals surface area contributed by atoms with Gasteiger partial charge in [0.1, 0.15) is 0 Å². The molecule has 1 saturated carbocycles. The molecular weight excluding hydrogens is 194 g/mol. The third-order valence-corrected chi connectivity index (χ3v) is 4.10. The first kappa shape index (κ1) is 9.04. The van der Waals surface area contributed by atoms with Gasteiger partial charge >= 0.3 is 0 Å². The molecule has 0 spiro atoms. The molecule has 4 heteroatoms. The highest BCUT2D eigenvalue weighted by Crippen LogP contribution is 2.30. The van der Waals surface area contributed by atoms with Crippen LogP contribution in [0.15, 0.2) is 4.99 Å². The quantitative estimate of drug-likeness (QED) is 0.736. The average Bonchev–Trinajstić information content (AvgIpc) is 2.75. The summed E-state index contributed by atoms with van der Waals surface area (Å²) in [5.41, 5.74) is 0. The maximum atomic E-state index is 4.43. The number of amidine groups is 1. The predicted octanol–water partition coefficient (Wildman–Crippen LogP) is 0.915. The summed E-state index contributed by atoms with van der Waals surface area (Å²) in [6.45, 7) is 3.54. The van der Waals surface area contributed by atoms with Crippen molar-refractivity contribution in [3.05, 3.63) is 0 Å². The Morgan fingerprint density at radius 1 is 1.36 bits per heavy atom. The molecule has 3 aliphatic rings. The topological polar surface area (TPSA) is 27.6 Å². The third kappa shape index (κ3) is 1.91. The van der Waals surface area contributed by atoms with E-state index in [1.165, 1.54) is 43.3 Å². The van der Waals surface area contributed by atoms with E-state index in [1.54, 1.807) is 0 Å². The number of hydrogen-bond donors (Lipinski definition) is 1. The Kier molecular flexibility index (Phi) is 2.41. The number of rotatable bonds is 2. The maximum absolute atomic E-state index is 4.43. The number of aliphatic imine (C=N–C) groups is 1. The fourth-order valence-electron chi connectivity index (χ4n) is 2.27. The summed E-state index contributed by atoms with van der Waals surface area (Å²) in [7, 11) is 0. The number of likely N-dealkylation sites (tertiary alicyclic amines) is 1. The highest BCUT2D eigenvalue weighted by atomic mass is 32.2. The van der Waals surface area contributed by atoms with E-state index in [4.69, 9.17) is 0 Å². The van der Waals surface area contributed by atoms with E-state index in [2.05, 4.69) is 15.2 Å². The molecule has 3 rings (SSSR count). The van der Waals surface area contributed by atoms with Gasteiger partial charge in [0.15, 0.2) is 5.17 Å². The molecule has 0 radical (unpaired) electrons. The van der Waals surface area contributed by atoms with Crippen molar-refractivity contribution in [2.24, 2.45) is 4.99 Å². The molecule has 1 atom stereocenters. The molecule has 14 heavy (non-hydrogen) atoms. The molecule has 1 aliphatic carbocycles. The van der Waals surface area contributed by atoms with Gasteiger partial charge in [0, 0.05) is 30.9 Å². The molecule has 0 aromatic rings. The maximum Gasteiger partial charge on any atom is 0.156 e. The Bertz CT molecular complexity index is 250. The van der Waals surface area contributed by atoms with Gasteiger partial charge in [0.2, 0.25) is 0 Å². The van der Waals surface area contributed by atoms with Crippen LogP contribution in [0.2, 0.25) is 0 Å². The molecule has 2 aliphatic heterocycles. The van der Waals surface area contributed by atoms with Gasteiger partial charge < -0.3 is 5.32 Å². The van der Waals surface area contributed by atoms with Crippen LogP contribution in [0.4, 0.5) is 0 Å². The molecule has 2 heterocycles. The molecule has 0 bridgehead atoms. The van der Waals surface area contributed by atoms with E-state index in [0.717, 1.165) is 12.6 Å². The van der Waals surface area contributed by atoms with Crippen molar-refractivity contribution in [1.82, 2.24) is 10.2 Å². The normalized spacial score (nSPS) is 33.4. The monoisotopic (exact) mass is 211 g/mol. The van der Waals surface area contributed by atoms with E-state index >= 15 is 0 Å². The number of hydrogen-bond acceptors (Lipinski definition) is 4. The van der Waals surface area contributed by atoms with Gasteiger partial charge in [-0.15, -0.1) is 0 Å². The third-order valence-electron chi connectivity index (χ3n) is 3.20. The van der Waals surface area contributed by atoms with Gasteiger partial charge in [-0.25, -0.2) is 0 Å². The minimum atomic E-state index is 0.667. The van der Waals surface area contributed by atoms with E-state index in [0.29, 0.717) is 6.04 Å². The van der Waals surface area contributed by atoms with Gasteiger partial charge in [-0.3, -0.25) is 9.89 Å². The Morgan fingerprint density at radius 3 is 3.00 bits per heavy atom. The van der Waals surface area contributed by atoms with Crippen LogP contribution in [0, 0.1) is 0 Å². The fourth-order valence-corrected chi connectivity index (χ4v) is 3.08. The van der Waals surface area contributed by atoms with Gasteiger partial charge in [-0.1, -0.05) is 11.8 Å². The Morgan fingerprint density at radius 2 is 2.29 bits per heavy atom. The second kappa shape index (κ2) is 3.74. The van der Waals surface area contributed by atoms with E-state index < -0.39 is 0 Å². The van der Waals surface area contributed by atoms with Crippen molar-refractivity contribution in [3.63, 3.8) is 0 Å². The van der Waals surface area contributed by atoms with Crippen LogP contribution in [-0.2, 0) is 0 Å². The summed E-state index contributed by atoms with van der Waals surface area (Å²) in [5, 5.41) is 4.75. The molecule has 1 unspecified atom stereocenters. The van der Waals surface area contributed by atoms with Crippen LogP contribution in [0.25, 0.3) is 0 Å². The minimum absolute atomic E-state index is 0.667. The van der Waals surface area contributed by atoms with Gasteiger partial charge in [-0.2, -0.15) is 0 Å². The average molecular weight is 211 g/mol. The first-order valence-corrected chi connectivity index (χ1v) is 6.58. The van der Waals surface area contributed by atoms with Crippen LogP contribution in [-0.4, -0.2) is 47.5 Å². The standard InChI is InChI=1S/C10H17N3S/c1-2-9(1)13-5-3-8(7-13)12-10-11-4-6-14-10/h8-9H,1-7H2,(H,11,12). The molecule has 0 amide bonds. The second-order valence-corrected chi connectivity index (χ2v) is 5.48. The molecular formula is C10H17N3S. The summed E-state index contributed by atoms with van der Waals surface area (Å²) >= 11 is 1.87. The summed E-state index contributed by atoms with van der Waals surface area (Å²) in [5.74, 6) is 1.17.